The molecule has 2 aliphatic rings. The van der Waals surface area contributed by atoms with E-state index in [1.54, 1.807) is 7.05 Å². The van der Waals surface area contributed by atoms with Gasteiger partial charge in [-0.1, -0.05) is 31.4 Å². The van der Waals surface area contributed by atoms with Gasteiger partial charge in [-0.25, -0.2) is 9.78 Å². The van der Waals surface area contributed by atoms with Crippen LogP contribution >= 0.6 is 0 Å². The minimum atomic E-state index is -4.35. The molecule has 0 unspecified atom stereocenters. The number of carbonyl (C=O) groups excluding carboxylic acids is 1. The second-order valence-corrected chi connectivity index (χ2v) is 9.95. The standard InChI is InChI=1S/C26H36F3N5O/c1-18-23(32-24(31-18)20-8-10-21(11-9-20)26(27,28)29)17-33-14-12-22(13-15-33)34(25(35)30-2)16-19-6-4-3-5-7-19/h8-11,19,22H,3-7,12-17H2,1-2H3,(H,30,35)(H,31,32). The molecule has 2 amide bonds. The number of aryl methyl sites for hydroxylation is 1. The van der Waals surface area contributed by atoms with Crippen molar-refractivity contribution in [3.63, 3.8) is 0 Å². The Morgan fingerprint density at radius 1 is 1.11 bits per heavy atom. The first-order chi connectivity index (χ1) is 16.7. The van der Waals surface area contributed by atoms with Gasteiger partial charge in [-0.15, -0.1) is 0 Å². The Morgan fingerprint density at radius 3 is 2.37 bits per heavy atom. The number of imidazole rings is 1. The fourth-order valence-electron chi connectivity index (χ4n) is 5.39. The van der Waals surface area contributed by atoms with Crippen LogP contribution < -0.4 is 5.32 Å². The summed E-state index contributed by atoms with van der Waals surface area (Å²) in [5, 5.41) is 2.84. The van der Waals surface area contributed by atoms with E-state index in [1.807, 2.05) is 6.92 Å². The van der Waals surface area contributed by atoms with Crippen LogP contribution in [0.3, 0.4) is 0 Å². The van der Waals surface area contributed by atoms with Crippen molar-refractivity contribution in [1.29, 1.82) is 0 Å². The van der Waals surface area contributed by atoms with Crippen LogP contribution in [0, 0.1) is 12.8 Å². The Hall–Kier alpha value is -2.55. The molecule has 2 N–H and O–H groups in total. The van der Waals surface area contributed by atoms with Crippen molar-refractivity contribution in [1.82, 2.24) is 25.1 Å². The van der Waals surface area contributed by atoms with Gasteiger partial charge in [0.05, 0.1) is 11.3 Å². The smallest absolute Gasteiger partial charge is 0.342 e. The summed E-state index contributed by atoms with van der Waals surface area (Å²) in [5.41, 5.74) is 1.80. The molecule has 6 nitrogen and oxygen atoms in total. The number of urea groups is 1. The topological polar surface area (TPSA) is 64.3 Å². The zero-order chi connectivity index (χ0) is 25.0. The summed E-state index contributed by atoms with van der Waals surface area (Å²) in [7, 11) is 1.71. The zero-order valence-electron chi connectivity index (χ0n) is 20.6. The normalized spacial score (nSPS) is 18.5. The van der Waals surface area contributed by atoms with E-state index < -0.39 is 11.7 Å². The van der Waals surface area contributed by atoms with Crippen molar-refractivity contribution in [3.8, 4) is 11.4 Å². The number of alkyl halides is 3. The summed E-state index contributed by atoms with van der Waals surface area (Å²) in [6.45, 7) is 5.23. The monoisotopic (exact) mass is 491 g/mol. The number of halogens is 3. The number of H-pyrrole nitrogens is 1. The Morgan fingerprint density at radius 2 is 1.77 bits per heavy atom. The van der Waals surface area contributed by atoms with Crippen molar-refractivity contribution in [2.45, 2.75) is 70.6 Å². The van der Waals surface area contributed by atoms with Crippen LogP contribution in [-0.4, -0.2) is 58.5 Å². The van der Waals surface area contributed by atoms with E-state index in [-0.39, 0.29) is 12.1 Å². The predicted octanol–water partition coefficient (Wildman–Crippen LogP) is 5.59. The molecule has 1 aromatic heterocycles. The van der Waals surface area contributed by atoms with Crippen LogP contribution in [0.5, 0.6) is 0 Å². The highest BCUT2D eigenvalue weighted by molar-refractivity contribution is 5.74. The average Bonchev–Trinajstić information content (AvgIpc) is 3.23. The Kier molecular flexibility index (Phi) is 8.04. The van der Waals surface area contributed by atoms with Gasteiger partial charge in [0.25, 0.3) is 0 Å². The van der Waals surface area contributed by atoms with Crippen LogP contribution in [0.4, 0.5) is 18.0 Å². The Bertz CT molecular complexity index is 974. The molecule has 192 valence electrons. The molecule has 0 radical (unpaired) electrons. The van der Waals surface area contributed by atoms with E-state index in [1.165, 1.54) is 44.2 Å². The summed E-state index contributed by atoms with van der Waals surface area (Å²) in [5.74, 6) is 1.19. The first-order valence-electron chi connectivity index (χ1n) is 12.7. The lowest BCUT2D eigenvalue weighted by Crippen LogP contribution is -2.51. The molecular weight excluding hydrogens is 455 g/mol. The lowest BCUT2D eigenvalue weighted by Gasteiger charge is -2.40. The van der Waals surface area contributed by atoms with Gasteiger partial charge < -0.3 is 15.2 Å². The van der Waals surface area contributed by atoms with Gasteiger partial charge in [-0.2, -0.15) is 13.2 Å². The van der Waals surface area contributed by atoms with Gasteiger partial charge in [0.1, 0.15) is 5.82 Å². The molecule has 1 saturated carbocycles. The van der Waals surface area contributed by atoms with Gasteiger partial charge in [0.2, 0.25) is 0 Å². The SMILES string of the molecule is CNC(=O)N(CC1CCCCC1)C1CCN(Cc2nc(-c3ccc(C(F)(F)F)cc3)[nH]c2C)CC1. The molecule has 0 atom stereocenters. The zero-order valence-corrected chi connectivity index (χ0v) is 20.6. The van der Waals surface area contributed by atoms with Gasteiger partial charge in [-0.05, 0) is 50.7 Å². The van der Waals surface area contributed by atoms with Gasteiger partial charge in [0.15, 0.2) is 0 Å². The lowest BCUT2D eigenvalue weighted by atomic mass is 9.88. The highest BCUT2D eigenvalue weighted by Gasteiger charge is 2.31. The van der Waals surface area contributed by atoms with E-state index in [0.29, 0.717) is 23.9 Å². The maximum Gasteiger partial charge on any atom is 0.416 e. The summed E-state index contributed by atoms with van der Waals surface area (Å²) in [6.07, 6.45) is 3.77. The number of nitrogens with zero attached hydrogens (tertiary/aromatic N) is 3. The van der Waals surface area contributed by atoms with Gasteiger partial charge >= 0.3 is 12.2 Å². The number of hydrogen-bond acceptors (Lipinski definition) is 3. The van der Waals surface area contributed by atoms with Gasteiger partial charge in [0, 0.05) is 50.5 Å². The minimum Gasteiger partial charge on any atom is -0.342 e. The quantitative estimate of drug-likeness (QED) is 0.554. The Labute approximate surface area is 205 Å². The molecule has 2 aromatic rings. The molecule has 1 aliphatic carbocycles. The molecule has 1 saturated heterocycles. The van der Waals surface area contributed by atoms with E-state index >= 15 is 0 Å². The second-order valence-electron chi connectivity index (χ2n) is 9.95. The van der Waals surface area contributed by atoms with Crippen molar-refractivity contribution in [2.24, 2.45) is 5.92 Å². The summed E-state index contributed by atoms with van der Waals surface area (Å²) in [6, 6.07) is 5.35. The minimum absolute atomic E-state index is 0.0263. The number of carbonyl (C=O) groups is 1. The van der Waals surface area contributed by atoms with Crippen LogP contribution in [0.15, 0.2) is 24.3 Å². The fourth-order valence-corrected chi connectivity index (χ4v) is 5.39. The molecule has 35 heavy (non-hydrogen) atoms. The Balaban J connectivity index is 1.35. The molecule has 2 fully saturated rings. The van der Waals surface area contributed by atoms with E-state index in [4.69, 9.17) is 0 Å². The number of amides is 2. The average molecular weight is 492 g/mol. The van der Waals surface area contributed by atoms with E-state index in [9.17, 15) is 18.0 Å². The second kappa shape index (κ2) is 11.0. The largest absolute Gasteiger partial charge is 0.416 e. The number of benzene rings is 1. The van der Waals surface area contributed by atoms with Crippen molar-refractivity contribution in [2.75, 3.05) is 26.7 Å². The number of hydrogen-bond donors (Lipinski definition) is 2. The highest BCUT2D eigenvalue weighted by Crippen LogP contribution is 2.31. The van der Waals surface area contributed by atoms with Crippen molar-refractivity contribution < 1.29 is 18.0 Å². The van der Waals surface area contributed by atoms with E-state index in [0.717, 1.165) is 56.0 Å². The molecule has 4 rings (SSSR count). The third-order valence-corrected chi connectivity index (χ3v) is 7.50. The molecule has 0 spiro atoms. The van der Waals surface area contributed by atoms with Crippen molar-refractivity contribution >= 4 is 6.03 Å². The number of piperidine rings is 1. The molecule has 2 heterocycles. The summed E-state index contributed by atoms with van der Waals surface area (Å²) >= 11 is 0. The lowest BCUT2D eigenvalue weighted by molar-refractivity contribution is -0.137. The maximum absolute atomic E-state index is 12.9. The molecular formula is C26H36F3N5O. The highest BCUT2D eigenvalue weighted by atomic mass is 19.4. The number of aromatic nitrogens is 2. The molecule has 9 heteroatoms. The van der Waals surface area contributed by atoms with E-state index in [2.05, 4.69) is 25.1 Å². The number of rotatable bonds is 6. The van der Waals surface area contributed by atoms with Crippen LogP contribution in [0.25, 0.3) is 11.4 Å². The number of nitrogens with one attached hydrogen (secondary N) is 2. The first kappa shape index (κ1) is 25.5. The van der Waals surface area contributed by atoms with Crippen LogP contribution in [0.1, 0.15) is 61.9 Å². The third kappa shape index (κ3) is 6.37. The third-order valence-electron chi connectivity index (χ3n) is 7.50. The summed E-state index contributed by atoms with van der Waals surface area (Å²) < 4.78 is 38.6. The van der Waals surface area contributed by atoms with Gasteiger partial charge in [-0.3, -0.25) is 4.90 Å². The molecule has 0 bridgehead atoms. The fraction of sp³-hybridized carbons (Fsp3) is 0.615. The molecule has 1 aliphatic heterocycles. The molecule has 1 aromatic carbocycles. The van der Waals surface area contributed by atoms with Crippen LogP contribution in [-0.2, 0) is 12.7 Å². The number of likely N-dealkylation sites (tertiary alicyclic amines) is 1. The predicted molar refractivity (Wildman–Crippen MR) is 130 cm³/mol. The first-order valence-corrected chi connectivity index (χ1v) is 12.7. The number of aromatic amines is 1. The van der Waals surface area contributed by atoms with Crippen LogP contribution in [0.2, 0.25) is 0 Å². The summed E-state index contributed by atoms with van der Waals surface area (Å²) in [4.78, 5) is 25.0. The maximum atomic E-state index is 12.9. The van der Waals surface area contributed by atoms with Crippen molar-refractivity contribution in [3.05, 3.63) is 41.2 Å².